The predicted octanol–water partition coefficient (Wildman–Crippen LogP) is 3.63. The van der Waals surface area contributed by atoms with E-state index in [1.807, 2.05) is 0 Å². The number of hydrogen-bond acceptors (Lipinski definition) is 2. The molecule has 4 nitrogen and oxygen atoms in total. The number of nitrogens with one attached hydrogen (secondary N) is 2. The summed E-state index contributed by atoms with van der Waals surface area (Å²) in [5.74, 6) is -3.32. The molecule has 0 heterocycles. The van der Waals surface area contributed by atoms with Crippen LogP contribution in [-0.4, -0.2) is 18.4 Å². The Morgan fingerprint density at radius 2 is 1.67 bits per heavy atom. The molecule has 0 aliphatic heterocycles. The van der Waals surface area contributed by atoms with Crippen molar-refractivity contribution in [3.8, 4) is 0 Å². The molecule has 0 saturated heterocycles. The molecule has 24 heavy (non-hydrogen) atoms. The first kappa shape index (κ1) is 18.0. The quantitative estimate of drug-likeness (QED) is 0.804. The van der Waals surface area contributed by atoms with Gasteiger partial charge in [0.1, 0.15) is 17.5 Å². The maximum atomic E-state index is 13.4. The molecule has 0 spiro atoms. The summed E-state index contributed by atoms with van der Waals surface area (Å²) in [6, 6.07) is 6.43. The highest BCUT2D eigenvalue weighted by Gasteiger charge is 2.12. The summed E-state index contributed by atoms with van der Waals surface area (Å²) in [5, 5.41) is 4.73. The number of anilines is 1. The Morgan fingerprint density at radius 3 is 2.38 bits per heavy atom. The van der Waals surface area contributed by atoms with Gasteiger partial charge in [0.2, 0.25) is 5.91 Å². The summed E-state index contributed by atoms with van der Waals surface area (Å²) in [4.78, 5) is 23.6. The SMILES string of the molecule is O=C(CCNC(=O)c1cc(F)ccc1Br)Nc1ccc(F)cc1F. The smallest absolute Gasteiger partial charge is 0.252 e. The first-order valence-electron chi connectivity index (χ1n) is 6.85. The monoisotopic (exact) mass is 400 g/mol. The molecule has 126 valence electrons. The van der Waals surface area contributed by atoms with Crippen LogP contribution in [0.15, 0.2) is 40.9 Å². The highest BCUT2D eigenvalue weighted by molar-refractivity contribution is 9.10. The van der Waals surface area contributed by atoms with Gasteiger partial charge in [0.15, 0.2) is 0 Å². The molecule has 0 saturated carbocycles. The molecule has 2 N–H and O–H groups in total. The van der Waals surface area contributed by atoms with Gasteiger partial charge >= 0.3 is 0 Å². The molecular formula is C16H12BrF3N2O2. The molecule has 0 fully saturated rings. The van der Waals surface area contributed by atoms with Crippen molar-refractivity contribution in [3.63, 3.8) is 0 Å². The number of hydrogen-bond donors (Lipinski definition) is 2. The van der Waals surface area contributed by atoms with Crippen molar-refractivity contribution in [1.82, 2.24) is 5.32 Å². The zero-order valence-electron chi connectivity index (χ0n) is 12.2. The summed E-state index contributed by atoms with van der Waals surface area (Å²) in [6.07, 6.45) is -0.129. The van der Waals surface area contributed by atoms with Crippen molar-refractivity contribution in [2.24, 2.45) is 0 Å². The minimum absolute atomic E-state index is 0.0313. The molecule has 0 unspecified atom stereocenters. The van der Waals surface area contributed by atoms with E-state index in [-0.39, 0.29) is 24.2 Å². The number of amides is 2. The molecule has 8 heteroatoms. The molecule has 2 amide bonds. The van der Waals surface area contributed by atoms with E-state index in [2.05, 4.69) is 26.6 Å². The number of halogens is 4. The minimum Gasteiger partial charge on any atom is -0.351 e. The normalized spacial score (nSPS) is 10.3. The van der Waals surface area contributed by atoms with E-state index < -0.39 is 29.3 Å². The van der Waals surface area contributed by atoms with E-state index in [9.17, 15) is 22.8 Å². The van der Waals surface area contributed by atoms with Crippen molar-refractivity contribution >= 4 is 33.4 Å². The van der Waals surface area contributed by atoms with Crippen molar-refractivity contribution in [3.05, 3.63) is 63.9 Å². The lowest BCUT2D eigenvalue weighted by molar-refractivity contribution is -0.116. The van der Waals surface area contributed by atoms with Gasteiger partial charge in [0.05, 0.1) is 11.3 Å². The topological polar surface area (TPSA) is 58.2 Å². The Hall–Kier alpha value is -2.35. The van der Waals surface area contributed by atoms with E-state index in [0.717, 1.165) is 18.2 Å². The summed E-state index contributed by atoms with van der Waals surface area (Å²) < 4.78 is 39.7. The lowest BCUT2D eigenvalue weighted by atomic mass is 10.2. The molecule has 0 bridgehead atoms. The summed E-state index contributed by atoms with van der Waals surface area (Å²) in [7, 11) is 0. The highest BCUT2D eigenvalue weighted by atomic mass is 79.9. The van der Waals surface area contributed by atoms with Crippen LogP contribution in [0.3, 0.4) is 0 Å². The fraction of sp³-hybridized carbons (Fsp3) is 0.125. The van der Waals surface area contributed by atoms with Crippen molar-refractivity contribution in [1.29, 1.82) is 0 Å². The lowest BCUT2D eigenvalue weighted by Gasteiger charge is -2.08. The van der Waals surface area contributed by atoms with Crippen LogP contribution in [0, 0.1) is 17.5 Å². The molecule has 0 aromatic heterocycles. The van der Waals surface area contributed by atoms with Crippen LogP contribution in [0.2, 0.25) is 0 Å². The van der Waals surface area contributed by atoms with E-state index in [0.29, 0.717) is 10.5 Å². The zero-order valence-corrected chi connectivity index (χ0v) is 13.8. The number of carbonyl (C=O) groups excluding carboxylic acids is 2. The van der Waals surface area contributed by atoms with Crippen LogP contribution in [0.25, 0.3) is 0 Å². The van der Waals surface area contributed by atoms with Crippen LogP contribution in [-0.2, 0) is 4.79 Å². The third-order valence-electron chi connectivity index (χ3n) is 3.02. The Kier molecular flexibility index (Phi) is 5.97. The molecule has 2 rings (SSSR count). The minimum atomic E-state index is -0.893. The zero-order chi connectivity index (χ0) is 17.7. The molecule has 2 aromatic carbocycles. The van der Waals surface area contributed by atoms with Crippen LogP contribution in [0.5, 0.6) is 0 Å². The number of rotatable bonds is 5. The largest absolute Gasteiger partial charge is 0.351 e. The first-order chi connectivity index (χ1) is 11.4. The second-order valence-electron chi connectivity index (χ2n) is 4.80. The van der Waals surface area contributed by atoms with Gasteiger partial charge in [-0.1, -0.05) is 0 Å². The second-order valence-corrected chi connectivity index (χ2v) is 5.66. The third kappa shape index (κ3) is 4.82. The van der Waals surface area contributed by atoms with Crippen molar-refractivity contribution < 1.29 is 22.8 Å². The Labute approximate surface area is 144 Å². The summed E-state index contributed by atoms with van der Waals surface area (Å²) in [5.41, 5.74) is -0.0550. The first-order valence-corrected chi connectivity index (χ1v) is 7.64. The highest BCUT2D eigenvalue weighted by Crippen LogP contribution is 2.18. The van der Waals surface area contributed by atoms with Gasteiger partial charge in [0, 0.05) is 23.5 Å². The molecule has 0 atom stereocenters. The fourth-order valence-corrected chi connectivity index (χ4v) is 2.29. The number of benzene rings is 2. The van der Waals surface area contributed by atoms with Crippen LogP contribution in [0.1, 0.15) is 16.8 Å². The molecular weight excluding hydrogens is 389 g/mol. The van der Waals surface area contributed by atoms with Crippen molar-refractivity contribution in [2.45, 2.75) is 6.42 Å². The van der Waals surface area contributed by atoms with Crippen molar-refractivity contribution in [2.75, 3.05) is 11.9 Å². The molecule has 0 radical (unpaired) electrons. The molecule has 0 aliphatic rings. The van der Waals surface area contributed by atoms with Gasteiger partial charge in [-0.3, -0.25) is 9.59 Å². The van der Waals surface area contributed by atoms with Gasteiger partial charge in [-0.15, -0.1) is 0 Å². The Bertz CT molecular complexity index is 784. The van der Waals surface area contributed by atoms with Crippen LogP contribution in [0.4, 0.5) is 18.9 Å². The summed E-state index contributed by atoms with van der Waals surface area (Å²) >= 11 is 3.13. The fourth-order valence-electron chi connectivity index (χ4n) is 1.86. The standard InChI is InChI=1S/C16H12BrF3N2O2/c17-12-3-1-9(18)7-11(12)16(24)21-6-5-15(23)22-14-4-2-10(19)8-13(14)20/h1-4,7-8H,5-6H2,(H,21,24)(H,22,23). The second kappa shape index (κ2) is 7.96. The average molecular weight is 401 g/mol. The van der Waals surface area contributed by atoms with E-state index in [1.54, 1.807) is 0 Å². The van der Waals surface area contributed by atoms with Gasteiger partial charge < -0.3 is 10.6 Å². The van der Waals surface area contributed by atoms with E-state index in [4.69, 9.17) is 0 Å². The van der Waals surface area contributed by atoms with Crippen LogP contribution < -0.4 is 10.6 Å². The van der Waals surface area contributed by atoms with Crippen LogP contribution >= 0.6 is 15.9 Å². The maximum Gasteiger partial charge on any atom is 0.252 e. The van der Waals surface area contributed by atoms with Gasteiger partial charge in [-0.05, 0) is 46.3 Å². The third-order valence-corrected chi connectivity index (χ3v) is 3.71. The molecule has 0 aliphatic carbocycles. The number of carbonyl (C=O) groups is 2. The Balaban J connectivity index is 1.86. The predicted molar refractivity (Wildman–Crippen MR) is 86.0 cm³/mol. The molecule has 2 aromatic rings. The van der Waals surface area contributed by atoms with Gasteiger partial charge in [-0.2, -0.15) is 0 Å². The maximum absolute atomic E-state index is 13.4. The van der Waals surface area contributed by atoms with Gasteiger partial charge in [0.25, 0.3) is 5.91 Å². The van der Waals surface area contributed by atoms with E-state index in [1.165, 1.54) is 12.1 Å². The lowest BCUT2D eigenvalue weighted by Crippen LogP contribution is -2.28. The van der Waals surface area contributed by atoms with E-state index >= 15 is 0 Å². The van der Waals surface area contributed by atoms with Gasteiger partial charge in [-0.25, -0.2) is 13.2 Å². The Morgan fingerprint density at radius 1 is 1.00 bits per heavy atom. The average Bonchev–Trinajstić information content (AvgIpc) is 2.52. The summed E-state index contributed by atoms with van der Waals surface area (Å²) in [6.45, 7) is -0.0313.